The summed E-state index contributed by atoms with van der Waals surface area (Å²) in [6.07, 6.45) is -4.09. The van der Waals surface area contributed by atoms with Crippen LogP contribution in [0.3, 0.4) is 0 Å². The predicted octanol–water partition coefficient (Wildman–Crippen LogP) is 1.99. The molecule has 0 aliphatic heterocycles. The van der Waals surface area contributed by atoms with Crippen LogP contribution in [-0.2, 0) is 4.74 Å². The van der Waals surface area contributed by atoms with Crippen molar-refractivity contribution in [3.63, 3.8) is 0 Å². The maximum Gasteiger partial charge on any atom is 0.412 e. The van der Waals surface area contributed by atoms with Crippen molar-refractivity contribution in [2.45, 2.75) is 44.8 Å². The highest BCUT2D eigenvalue weighted by Gasteiger charge is 2.43. The number of alkyl halides is 3. The number of ether oxygens (including phenoxy) is 1. The zero-order chi connectivity index (χ0) is 13.1. The van der Waals surface area contributed by atoms with E-state index in [4.69, 9.17) is 14.9 Å². The minimum Gasteiger partial charge on any atom is -0.373 e. The third-order valence-corrected chi connectivity index (χ3v) is 2.61. The van der Waals surface area contributed by atoms with E-state index >= 15 is 0 Å². The van der Waals surface area contributed by atoms with Crippen LogP contribution in [0, 0.1) is 5.92 Å². The van der Waals surface area contributed by atoms with Gasteiger partial charge in [0.1, 0.15) is 0 Å². The van der Waals surface area contributed by atoms with Crippen LogP contribution in [0.2, 0.25) is 0 Å². The Morgan fingerprint density at radius 2 is 2.12 bits per heavy atom. The topological polar surface area (TPSA) is 49.7 Å². The molecule has 0 aromatic rings. The van der Waals surface area contributed by atoms with Crippen LogP contribution in [-0.4, -0.2) is 35.4 Å². The molecule has 0 saturated heterocycles. The lowest BCUT2D eigenvalue weighted by Crippen LogP contribution is -2.16. The average molecular weight is 254 g/mol. The van der Waals surface area contributed by atoms with Gasteiger partial charge in [-0.3, -0.25) is 0 Å². The predicted molar refractivity (Wildman–Crippen MR) is 55.1 cm³/mol. The Hall–Kier alpha value is -0.590. The van der Waals surface area contributed by atoms with Gasteiger partial charge in [-0.15, -0.1) is 0 Å². The van der Waals surface area contributed by atoms with Crippen LogP contribution in [0.25, 0.3) is 0 Å². The third kappa shape index (κ3) is 5.06. The maximum absolute atomic E-state index is 12.5. The van der Waals surface area contributed by atoms with Gasteiger partial charge >= 0.3 is 6.18 Å². The zero-order valence-electron chi connectivity index (χ0n) is 9.57. The number of hydrogen-bond acceptors (Lipinski definition) is 3. The lowest BCUT2D eigenvalue weighted by Gasteiger charge is -2.11. The van der Waals surface area contributed by atoms with Gasteiger partial charge in [-0.25, -0.2) is 0 Å². The molecule has 1 saturated carbocycles. The van der Waals surface area contributed by atoms with E-state index in [2.05, 4.69) is 0 Å². The molecule has 1 rings (SSSR count). The van der Waals surface area contributed by atoms with Crippen molar-refractivity contribution in [3.8, 4) is 0 Å². The van der Waals surface area contributed by atoms with E-state index < -0.39 is 18.0 Å². The number of hydrogen-bond donors (Lipinski definition) is 2. The monoisotopic (exact) mass is 254 g/mol. The van der Waals surface area contributed by atoms with Crippen molar-refractivity contribution in [3.05, 3.63) is 11.6 Å². The second-order valence-corrected chi connectivity index (χ2v) is 4.19. The molecule has 3 nitrogen and oxygen atoms in total. The number of aliphatic hydroxyl groups excluding tert-OH is 1. The SMILES string of the molecule is CCC=C(CC1CC1OCC(O)O)C(F)(F)F. The van der Waals surface area contributed by atoms with Crippen LogP contribution < -0.4 is 0 Å². The summed E-state index contributed by atoms with van der Waals surface area (Å²) in [5.74, 6) is -0.159. The van der Waals surface area contributed by atoms with E-state index in [1.165, 1.54) is 6.08 Å². The van der Waals surface area contributed by atoms with E-state index in [1.807, 2.05) is 0 Å². The van der Waals surface area contributed by atoms with E-state index in [1.54, 1.807) is 6.92 Å². The molecule has 2 atom stereocenters. The highest BCUT2D eigenvalue weighted by Crippen LogP contribution is 2.42. The highest BCUT2D eigenvalue weighted by atomic mass is 19.4. The van der Waals surface area contributed by atoms with Gasteiger partial charge in [0.05, 0.1) is 12.7 Å². The Labute approximate surface area is 97.9 Å². The molecule has 0 bridgehead atoms. The van der Waals surface area contributed by atoms with Crippen molar-refractivity contribution in [1.82, 2.24) is 0 Å². The van der Waals surface area contributed by atoms with Gasteiger partial charge in [0, 0.05) is 5.57 Å². The zero-order valence-corrected chi connectivity index (χ0v) is 9.57. The summed E-state index contributed by atoms with van der Waals surface area (Å²) in [5.41, 5.74) is -0.513. The first kappa shape index (κ1) is 14.5. The Balaban J connectivity index is 2.37. The van der Waals surface area contributed by atoms with Crippen molar-refractivity contribution in [1.29, 1.82) is 0 Å². The Morgan fingerprint density at radius 1 is 1.47 bits per heavy atom. The average Bonchev–Trinajstić information content (AvgIpc) is 2.91. The number of rotatable bonds is 6. The maximum atomic E-state index is 12.5. The van der Waals surface area contributed by atoms with Crippen molar-refractivity contribution < 1.29 is 28.1 Å². The summed E-state index contributed by atoms with van der Waals surface area (Å²) in [7, 11) is 0. The fourth-order valence-electron chi connectivity index (χ4n) is 1.69. The molecule has 100 valence electrons. The second kappa shape index (κ2) is 5.84. The molecule has 0 aromatic carbocycles. The smallest absolute Gasteiger partial charge is 0.373 e. The van der Waals surface area contributed by atoms with Crippen LogP contribution in [0.1, 0.15) is 26.2 Å². The number of aliphatic hydroxyl groups is 2. The minimum atomic E-state index is -4.28. The van der Waals surface area contributed by atoms with Crippen LogP contribution in [0.5, 0.6) is 0 Å². The van der Waals surface area contributed by atoms with Gasteiger partial charge in [-0.05, 0) is 25.2 Å². The molecule has 0 aromatic heterocycles. The summed E-state index contributed by atoms with van der Waals surface area (Å²) in [4.78, 5) is 0. The Bertz CT molecular complexity index is 274. The molecule has 2 N–H and O–H groups in total. The summed E-state index contributed by atoms with van der Waals surface area (Å²) < 4.78 is 42.7. The fraction of sp³-hybridized carbons (Fsp3) is 0.818. The lowest BCUT2D eigenvalue weighted by atomic mass is 10.1. The Morgan fingerprint density at radius 3 is 2.59 bits per heavy atom. The number of allylic oxidation sites excluding steroid dienone is 2. The molecule has 1 fully saturated rings. The third-order valence-electron chi connectivity index (χ3n) is 2.61. The molecular weight excluding hydrogens is 237 g/mol. The summed E-state index contributed by atoms with van der Waals surface area (Å²) >= 11 is 0. The number of halogens is 3. The van der Waals surface area contributed by atoms with Gasteiger partial charge in [0.15, 0.2) is 6.29 Å². The molecule has 0 radical (unpaired) electrons. The normalized spacial score (nSPS) is 25.5. The van der Waals surface area contributed by atoms with Crippen molar-refractivity contribution >= 4 is 0 Å². The van der Waals surface area contributed by atoms with Gasteiger partial charge in [0.2, 0.25) is 0 Å². The summed E-state index contributed by atoms with van der Waals surface area (Å²) in [5, 5.41) is 17.1. The molecule has 1 aliphatic carbocycles. The molecule has 0 amide bonds. The largest absolute Gasteiger partial charge is 0.412 e. The van der Waals surface area contributed by atoms with Gasteiger partial charge in [-0.2, -0.15) is 13.2 Å². The van der Waals surface area contributed by atoms with Crippen LogP contribution in [0.4, 0.5) is 13.2 Å². The quantitative estimate of drug-likeness (QED) is 0.563. The minimum absolute atomic E-state index is 0.0521. The molecule has 2 unspecified atom stereocenters. The molecule has 6 heteroatoms. The van der Waals surface area contributed by atoms with Gasteiger partial charge in [-0.1, -0.05) is 13.0 Å². The molecular formula is C11H17F3O3. The van der Waals surface area contributed by atoms with E-state index in [-0.39, 0.29) is 25.0 Å². The fourth-order valence-corrected chi connectivity index (χ4v) is 1.69. The van der Waals surface area contributed by atoms with Gasteiger partial charge in [0.25, 0.3) is 0 Å². The first-order valence-electron chi connectivity index (χ1n) is 5.58. The first-order chi connectivity index (χ1) is 7.84. The standard InChI is InChI=1S/C11H17F3O3/c1-2-3-8(11(12,13)14)4-7-5-9(7)17-6-10(15)16/h3,7,9-10,15-16H,2,4-6H2,1H3. The van der Waals surface area contributed by atoms with Crippen LogP contribution in [0.15, 0.2) is 11.6 Å². The molecule has 17 heavy (non-hydrogen) atoms. The van der Waals surface area contributed by atoms with Crippen molar-refractivity contribution in [2.75, 3.05) is 6.61 Å². The Kier molecular flexibility index (Phi) is 4.97. The lowest BCUT2D eigenvalue weighted by molar-refractivity contribution is -0.103. The van der Waals surface area contributed by atoms with E-state index in [0.717, 1.165) is 0 Å². The second-order valence-electron chi connectivity index (χ2n) is 4.19. The molecule has 0 heterocycles. The van der Waals surface area contributed by atoms with E-state index in [0.29, 0.717) is 12.8 Å². The van der Waals surface area contributed by atoms with E-state index in [9.17, 15) is 13.2 Å². The van der Waals surface area contributed by atoms with Gasteiger partial charge < -0.3 is 14.9 Å². The molecule has 0 spiro atoms. The highest BCUT2D eigenvalue weighted by molar-refractivity contribution is 5.12. The molecule has 1 aliphatic rings. The van der Waals surface area contributed by atoms with Crippen molar-refractivity contribution in [2.24, 2.45) is 5.92 Å². The summed E-state index contributed by atoms with van der Waals surface area (Å²) in [6.45, 7) is 1.41. The van der Waals surface area contributed by atoms with Crippen LogP contribution >= 0.6 is 0 Å². The summed E-state index contributed by atoms with van der Waals surface area (Å²) in [6, 6.07) is 0. The first-order valence-corrected chi connectivity index (χ1v) is 5.58.